The van der Waals surface area contributed by atoms with Crippen molar-refractivity contribution in [2.45, 2.75) is 25.8 Å². The van der Waals surface area contributed by atoms with Gasteiger partial charge in [-0.25, -0.2) is 4.39 Å². The van der Waals surface area contributed by atoms with Crippen LogP contribution in [0.5, 0.6) is 5.75 Å². The summed E-state index contributed by atoms with van der Waals surface area (Å²) in [6, 6.07) is 4.51. The van der Waals surface area contributed by atoms with E-state index in [1.165, 1.54) is 12.1 Å². The number of nitrogens with zero attached hydrogens (tertiary/aromatic N) is 1. The molecule has 20 heavy (non-hydrogen) atoms. The first-order chi connectivity index (χ1) is 9.52. The molecular formula is C15H20FNO3. The third-order valence-electron chi connectivity index (χ3n) is 4.07. The van der Waals surface area contributed by atoms with Crippen molar-refractivity contribution in [3.8, 4) is 5.75 Å². The van der Waals surface area contributed by atoms with Crippen molar-refractivity contribution < 1.29 is 19.0 Å². The number of rotatable bonds is 4. The van der Waals surface area contributed by atoms with Gasteiger partial charge in [0.2, 0.25) is 0 Å². The standard InChI is InChI=1S/C15H20FNO3/c1-10(13-9-12(16)3-4-14(13)20-2)17-7-5-11(6-8-17)15(18)19/h3-4,9-11H,5-8H2,1-2H3,(H,18,19). The molecule has 0 saturated carbocycles. The van der Waals surface area contributed by atoms with Crippen molar-refractivity contribution in [3.63, 3.8) is 0 Å². The van der Waals surface area contributed by atoms with Crippen molar-refractivity contribution in [1.82, 2.24) is 4.90 Å². The largest absolute Gasteiger partial charge is 0.496 e. The molecule has 1 fully saturated rings. The summed E-state index contributed by atoms with van der Waals surface area (Å²) in [5.41, 5.74) is 0.807. The van der Waals surface area contributed by atoms with Gasteiger partial charge in [-0.2, -0.15) is 0 Å². The van der Waals surface area contributed by atoms with Crippen LogP contribution in [-0.2, 0) is 4.79 Å². The highest BCUT2D eigenvalue weighted by Crippen LogP contribution is 2.32. The van der Waals surface area contributed by atoms with Crippen molar-refractivity contribution in [2.24, 2.45) is 5.92 Å². The van der Waals surface area contributed by atoms with Crippen molar-refractivity contribution in [1.29, 1.82) is 0 Å². The second-order valence-corrected chi connectivity index (χ2v) is 5.21. The van der Waals surface area contributed by atoms with Gasteiger partial charge in [-0.3, -0.25) is 9.69 Å². The Morgan fingerprint density at radius 3 is 2.65 bits per heavy atom. The average molecular weight is 281 g/mol. The highest BCUT2D eigenvalue weighted by atomic mass is 19.1. The fourth-order valence-electron chi connectivity index (χ4n) is 2.76. The van der Waals surface area contributed by atoms with Crippen molar-refractivity contribution in [3.05, 3.63) is 29.6 Å². The molecule has 0 amide bonds. The molecule has 2 rings (SSSR count). The number of likely N-dealkylation sites (tertiary alicyclic amines) is 1. The number of piperidine rings is 1. The number of carboxylic acids is 1. The maximum Gasteiger partial charge on any atom is 0.306 e. The van der Waals surface area contributed by atoms with Crippen LogP contribution in [0, 0.1) is 11.7 Å². The van der Waals surface area contributed by atoms with Crippen LogP contribution >= 0.6 is 0 Å². The normalized spacial score (nSPS) is 18.8. The molecule has 0 spiro atoms. The van der Waals surface area contributed by atoms with Crippen LogP contribution in [0.15, 0.2) is 18.2 Å². The molecule has 1 aliphatic rings. The molecule has 1 atom stereocenters. The highest BCUT2D eigenvalue weighted by Gasteiger charge is 2.28. The number of ether oxygens (including phenoxy) is 1. The minimum Gasteiger partial charge on any atom is -0.496 e. The lowest BCUT2D eigenvalue weighted by Gasteiger charge is -2.35. The summed E-state index contributed by atoms with van der Waals surface area (Å²) < 4.78 is 18.7. The minimum atomic E-state index is -0.722. The van der Waals surface area contributed by atoms with Crippen LogP contribution in [0.4, 0.5) is 4.39 Å². The first kappa shape index (κ1) is 14.8. The van der Waals surface area contributed by atoms with Gasteiger partial charge >= 0.3 is 5.97 Å². The zero-order chi connectivity index (χ0) is 14.7. The maximum atomic E-state index is 13.4. The molecular weight excluding hydrogens is 261 g/mol. The van der Waals surface area contributed by atoms with Gasteiger partial charge in [-0.1, -0.05) is 0 Å². The molecule has 1 unspecified atom stereocenters. The number of carboxylic acid groups (broad SMARTS) is 1. The number of benzene rings is 1. The number of carbonyl (C=O) groups is 1. The van der Waals surface area contributed by atoms with Gasteiger partial charge in [0, 0.05) is 11.6 Å². The minimum absolute atomic E-state index is 0.00962. The van der Waals surface area contributed by atoms with Crippen LogP contribution in [0.2, 0.25) is 0 Å². The molecule has 1 N–H and O–H groups in total. The summed E-state index contributed by atoms with van der Waals surface area (Å²) in [7, 11) is 1.57. The second kappa shape index (κ2) is 6.22. The Balaban J connectivity index is 2.10. The van der Waals surface area contributed by atoms with E-state index in [2.05, 4.69) is 4.90 Å². The maximum absolute atomic E-state index is 13.4. The number of halogens is 1. The molecule has 1 aromatic carbocycles. The quantitative estimate of drug-likeness (QED) is 0.922. The van der Waals surface area contributed by atoms with E-state index >= 15 is 0 Å². The van der Waals surface area contributed by atoms with Gasteiger partial charge in [-0.05, 0) is 51.1 Å². The summed E-state index contributed by atoms with van der Waals surface area (Å²) in [5, 5.41) is 9.01. The van der Waals surface area contributed by atoms with E-state index in [0.717, 1.165) is 5.56 Å². The molecule has 0 radical (unpaired) electrons. The van der Waals surface area contributed by atoms with E-state index in [-0.39, 0.29) is 17.8 Å². The number of methoxy groups -OCH3 is 1. The van der Waals surface area contributed by atoms with Gasteiger partial charge in [0.05, 0.1) is 13.0 Å². The summed E-state index contributed by atoms with van der Waals surface area (Å²) in [4.78, 5) is 13.1. The molecule has 1 saturated heterocycles. The van der Waals surface area contributed by atoms with Crippen LogP contribution < -0.4 is 4.74 Å². The lowest BCUT2D eigenvalue weighted by molar-refractivity contribution is -0.143. The smallest absolute Gasteiger partial charge is 0.306 e. The Morgan fingerprint density at radius 1 is 1.45 bits per heavy atom. The topological polar surface area (TPSA) is 49.8 Å². The van der Waals surface area contributed by atoms with E-state index < -0.39 is 5.97 Å². The van der Waals surface area contributed by atoms with E-state index in [1.54, 1.807) is 13.2 Å². The van der Waals surface area contributed by atoms with Crippen LogP contribution in [0.1, 0.15) is 31.4 Å². The Kier molecular flexibility index (Phi) is 4.60. The zero-order valence-electron chi connectivity index (χ0n) is 11.8. The number of aliphatic carboxylic acids is 1. The molecule has 5 heteroatoms. The van der Waals surface area contributed by atoms with E-state index in [0.29, 0.717) is 31.7 Å². The first-order valence-corrected chi connectivity index (χ1v) is 6.83. The van der Waals surface area contributed by atoms with Gasteiger partial charge in [0.15, 0.2) is 0 Å². The molecule has 4 nitrogen and oxygen atoms in total. The SMILES string of the molecule is COc1ccc(F)cc1C(C)N1CCC(C(=O)O)CC1. The zero-order valence-corrected chi connectivity index (χ0v) is 11.8. The Hall–Kier alpha value is -1.62. The fraction of sp³-hybridized carbons (Fsp3) is 0.533. The third kappa shape index (κ3) is 3.10. The molecule has 0 bridgehead atoms. The number of hydrogen-bond acceptors (Lipinski definition) is 3. The molecule has 1 aliphatic heterocycles. The second-order valence-electron chi connectivity index (χ2n) is 5.21. The van der Waals surface area contributed by atoms with Gasteiger partial charge < -0.3 is 9.84 Å². The van der Waals surface area contributed by atoms with Crippen LogP contribution in [0.3, 0.4) is 0 Å². The lowest BCUT2D eigenvalue weighted by atomic mass is 9.94. The van der Waals surface area contributed by atoms with Gasteiger partial charge in [-0.15, -0.1) is 0 Å². The molecule has 110 valence electrons. The molecule has 0 aliphatic carbocycles. The van der Waals surface area contributed by atoms with E-state index in [9.17, 15) is 9.18 Å². The Labute approximate surface area is 118 Å². The Morgan fingerprint density at radius 2 is 2.10 bits per heavy atom. The van der Waals surface area contributed by atoms with Crippen molar-refractivity contribution >= 4 is 5.97 Å². The van der Waals surface area contributed by atoms with Gasteiger partial charge in [0.25, 0.3) is 0 Å². The fourth-order valence-corrected chi connectivity index (χ4v) is 2.76. The predicted molar refractivity (Wildman–Crippen MR) is 73.3 cm³/mol. The first-order valence-electron chi connectivity index (χ1n) is 6.83. The van der Waals surface area contributed by atoms with Crippen LogP contribution in [0.25, 0.3) is 0 Å². The lowest BCUT2D eigenvalue weighted by Crippen LogP contribution is -2.38. The molecule has 0 aromatic heterocycles. The third-order valence-corrected chi connectivity index (χ3v) is 4.07. The monoisotopic (exact) mass is 281 g/mol. The van der Waals surface area contributed by atoms with Crippen molar-refractivity contribution in [2.75, 3.05) is 20.2 Å². The average Bonchev–Trinajstić information content (AvgIpc) is 2.46. The summed E-state index contributed by atoms with van der Waals surface area (Å²) in [6.07, 6.45) is 1.27. The predicted octanol–water partition coefficient (Wildman–Crippen LogP) is 2.69. The van der Waals surface area contributed by atoms with E-state index in [1.807, 2.05) is 6.92 Å². The number of hydrogen-bond donors (Lipinski definition) is 1. The highest BCUT2D eigenvalue weighted by molar-refractivity contribution is 5.70. The van der Waals surface area contributed by atoms with Gasteiger partial charge in [0.1, 0.15) is 11.6 Å². The molecule has 1 aromatic rings. The summed E-state index contributed by atoms with van der Waals surface area (Å²) in [5.74, 6) is -0.596. The summed E-state index contributed by atoms with van der Waals surface area (Å²) >= 11 is 0. The van der Waals surface area contributed by atoms with E-state index in [4.69, 9.17) is 9.84 Å². The molecule has 1 heterocycles. The Bertz CT molecular complexity index is 484. The summed E-state index contributed by atoms with van der Waals surface area (Å²) in [6.45, 7) is 3.41. The van der Waals surface area contributed by atoms with Crippen LogP contribution in [-0.4, -0.2) is 36.2 Å².